The second-order valence-corrected chi connectivity index (χ2v) is 3.65. The van der Waals surface area contributed by atoms with Crippen molar-refractivity contribution in [2.75, 3.05) is 5.88 Å². The first-order chi connectivity index (χ1) is 6.65. The van der Waals surface area contributed by atoms with Crippen LogP contribution in [0.4, 0.5) is 0 Å². The Morgan fingerprint density at radius 2 is 2.14 bits per heavy atom. The number of alkyl halides is 1. The summed E-state index contributed by atoms with van der Waals surface area (Å²) in [6.45, 7) is 3.80. The summed E-state index contributed by atoms with van der Waals surface area (Å²) in [6, 6.07) is 7.50. The van der Waals surface area contributed by atoms with Crippen LogP contribution < -0.4 is 5.32 Å². The minimum absolute atomic E-state index is 0.00349. The lowest BCUT2D eigenvalue weighted by molar-refractivity contribution is 0.0943. The van der Waals surface area contributed by atoms with Crippen molar-refractivity contribution in [1.29, 1.82) is 0 Å². The number of nitrogens with one attached hydrogen (secondary N) is 1. The fourth-order valence-corrected chi connectivity index (χ4v) is 1.24. The van der Waals surface area contributed by atoms with Crippen molar-refractivity contribution in [3.8, 4) is 0 Å². The summed E-state index contributed by atoms with van der Waals surface area (Å²) in [5, 5.41) is 2.82. The first kappa shape index (κ1) is 11.1. The lowest BCUT2D eigenvalue weighted by Crippen LogP contribution is -2.34. The van der Waals surface area contributed by atoms with Crippen LogP contribution in [0.3, 0.4) is 0 Å². The molecule has 1 atom stereocenters. The molecule has 3 heteroatoms. The Labute approximate surface area is 89.3 Å². The quantitative estimate of drug-likeness (QED) is 0.765. The van der Waals surface area contributed by atoms with Gasteiger partial charge in [-0.1, -0.05) is 18.2 Å². The van der Waals surface area contributed by atoms with Crippen LogP contribution in [0.2, 0.25) is 0 Å². The first-order valence-electron chi connectivity index (χ1n) is 4.57. The number of hydrogen-bond acceptors (Lipinski definition) is 1. The third-order valence-corrected chi connectivity index (χ3v) is 2.46. The summed E-state index contributed by atoms with van der Waals surface area (Å²) in [5.41, 5.74) is 1.69. The number of rotatable bonds is 3. The smallest absolute Gasteiger partial charge is 0.251 e. The summed E-state index contributed by atoms with van der Waals surface area (Å²) in [4.78, 5) is 11.7. The summed E-state index contributed by atoms with van der Waals surface area (Å²) in [6.07, 6.45) is 0. The molecule has 0 saturated carbocycles. The van der Waals surface area contributed by atoms with E-state index < -0.39 is 0 Å². The summed E-state index contributed by atoms with van der Waals surface area (Å²) >= 11 is 5.61. The molecular formula is C11H14ClNO. The Balaban J connectivity index is 2.75. The molecule has 0 aliphatic heterocycles. The fraction of sp³-hybridized carbons (Fsp3) is 0.364. The molecule has 0 fully saturated rings. The molecule has 0 aliphatic carbocycles. The molecule has 1 N–H and O–H groups in total. The van der Waals surface area contributed by atoms with Crippen LogP contribution >= 0.6 is 11.6 Å². The molecule has 1 unspecified atom stereocenters. The Hall–Kier alpha value is -1.02. The fourth-order valence-electron chi connectivity index (χ4n) is 1.17. The van der Waals surface area contributed by atoms with Gasteiger partial charge in [0.05, 0.1) is 0 Å². The topological polar surface area (TPSA) is 29.1 Å². The number of carbonyl (C=O) groups excluding carboxylic acids is 1. The van der Waals surface area contributed by atoms with Gasteiger partial charge in [0.25, 0.3) is 5.91 Å². The number of carbonyl (C=O) groups is 1. The second kappa shape index (κ2) is 5.01. The van der Waals surface area contributed by atoms with Gasteiger partial charge in [-0.05, 0) is 25.5 Å². The molecule has 2 nitrogen and oxygen atoms in total. The van der Waals surface area contributed by atoms with Crippen molar-refractivity contribution in [2.45, 2.75) is 19.9 Å². The van der Waals surface area contributed by atoms with Crippen molar-refractivity contribution < 1.29 is 4.79 Å². The largest absolute Gasteiger partial charge is 0.348 e. The Morgan fingerprint density at radius 3 is 2.71 bits per heavy atom. The number of amides is 1. The van der Waals surface area contributed by atoms with Gasteiger partial charge in [-0.3, -0.25) is 4.79 Å². The van der Waals surface area contributed by atoms with E-state index in [0.717, 1.165) is 5.56 Å². The minimum Gasteiger partial charge on any atom is -0.348 e. The number of halogens is 1. The molecule has 1 amide bonds. The lowest BCUT2D eigenvalue weighted by Gasteiger charge is -2.11. The van der Waals surface area contributed by atoms with E-state index in [1.807, 2.05) is 38.1 Å². The van der Waals surface area contributed by atoms with Crippen molar-refractivity contribution in [3.63, 3.8) is 0 Å². The molecule has 1 aromatic carbocycles. The molecule has 0 heterocycles. The van der Waals surface area contributed by atoms with Crippen LogP contribution in [0.15, 0.2) is 24.3 Å². The summed E-state index contributed by atoms with van der Waals surface area (Å²) < 4.78 is 0. The van der Waals surface area contributed by atoms with Crippen LogP contribution in [-0.4, -0.2) is 17.8 Å². The van der Waals surface area contributed by atoms with Crippen molar-refractivity contribution in [3.05, 3.63) is 35.4 Å². The van der Waals surface area contributed by atoms with Crippen LogP contribution in [0.1, 0.15) is 22.8 Å². The van der Waals surface area contributed by atoms with Gasteiger partial charge in [-0.25, -0.2) is 0 Å². The molecular weight excluding hydrogens is 198 g/mol. The van der Waals surface area contributed by atoms with E-state index in [1.165, 1.54) is 0 Å². The van der Waals surface area contributed by atoms with Gasteiger partial charge in [0.1, 0.15) is 0 Å². The van der Waals surface area contributed by atoms with Crippen LogP contribution in [0.5, 0.6) is 0 Å². The lowest BCUT2D eigenvalue weighted by atomic mass is 10.1. The Morgan fingerprint density at radius 1 is 1.50 bits per heavy atom. The third kappa shape index (κ3) is 2.74. The molecule has 0 aromatic heterocycles. The van der Waals surface area contributed by atoms with Gasteiger partial charge in [0.2, 0.25) is 0 Å². The van der Waals surface area contributed by atoms with E-state index in [-0.39, 0.29) is 11.9 Å². The maximum absolute atomic E-state index is 11.7. The normalized spacial score (nSPS) is 12.2. The maximum atomic E-state index is 11.7. The van der Waals surface area contributed by atoms with E-state index in [1.54, 1.807) is 0 Å². The molecule has 0 aliphatic rings. The van der Waals surface area contributed by atoms with Crippen molar-refractivity contribution >= 4 is 17.5 Å². The minimum atomic E-state index is -0.0590. The van der Waals surface area contributed by atoms with E-state index >= 15 is 0 Å². The third-order valence-electron chi connectivity index (χ3n) is 2.00. The molecule has 14 heavy (non-hydrogen) atoms. The SMILES string of the molecule is Cc1ccccc1C(=O)NC(C)CCl. The summed E-state index contributed by atoms with van der Waals surface area (Å²) in [7, 11) is 0. The van der Waals surface area contributed by atoms with E-state index in [9.17, 15) is 4.79 Å². The molecule has 76 valence electrons. The van der Waals surface area contributed by atoms with Gasteiger partial charge < -0.3 is 5.32 Å². The highest BCUT2D eigenvalue weighted by atomic mass is 35.5. The second-order valence-electron chi connectivity index (χ2n) is 3.34. The molecule has 0 saturated heterocycles. The van der Waals surface area contributed by atoms with Gasteiger partial charge in [0, 0.05) is 17.5 Å². The Kier molecular flexibility index (Phi) is 3.96. The highest BCUT2D eigenvalue weighted by Crippen LogP contribution is 2.06. The van der Waals surface area contributed by atoms with Gasteiger partial charge >= 0.3 is 0 Å². The van der Waals surface area contributed by atoms with Crippen molar-refractivity contribution in [1.82, 2.24) is 5.32 Å². The van der Waals surface area contributed by atoms with Gasteiger partial charge in [-0.15, -0.1) is 11.6 Å². The monoisotopic (exact) mass is 211 g/mol. The van der Waals surface area contributed by atoms with E-state index in [4.69, 9.17) is 11.6 Å². The van der Waals surface area contributed by atoms with Crippen LogP contribution in [-0.2, 0) is 0 Å². The van der Waals surface area contributed by atoms with Crippen LogP contribution in [0.25, 0.3) is 0 Å². The molecule has 1 aromatic rings. The zero-order valence-corrected chi connectivity index (χ0v) is 9.14. The van der Waals surface area contributed by atoms with E-state index in [2.05, 4.69) is 5.32 Å². The van der Waals surface area contributed by atoms with Gasteiger partial charge in [0.15, 0.2) is 0 Å². The maximum Gasteiger partial charge on any atom is 0.251 e. The average Bonchev–Trinajstić information content (AvgIpc) is 2.18. The predicted octanol–water partition coefficient (Wildman–Crippen LogP) is 2.35. The van der Waals surface area contributed by atoms with E-state index in [0.29, 0.717) is 11.4 Å². The number of hydrogen-bond donors (Lipinski definition) is 1. The highest BCUT2D eigenvalue weighted by Gasteiger charge is 2.10. The first-order valence-corrected chi connectivity index (χ1v) is 5.11. The highest BCUT2D eigenvalue weighted by molar-refractivity contribution is 6.18. The predicted molar refractivity (Wildman–Crippen MR) is 58.8 cm³/mol. The number of aryl methyl sites for hydroxylation is 1. The molecule has 0 radical (unpaired) electrons. The Bertz CT molecular complexity index is 325. The summed E-state index contributed by atoms with van der Waals surface area (Å²) in [5.74, 6) is 0.369. The zero-order valence-electron chi connectivity index (χ0n) is 8.38. The zero-order chi connectivity index (χ0) is 10.6. The average molecular weight is 212 g/mol. The van der Waals surface area contributed by atoms with Crippen LogP contribution in [0, 0.1) is 6.92 Å². The van der Waals surface area contributed by atoms with Crippen molar-refractivity contribution in [2.24, 2.45) is 0 Å². The number of benzene rings is 1. The molecule has 1 rings (SSSR count). The molecule has 0 bridgehead atoms. The standard InChI is InChI=1S/C11H14ClNO/c1-8-5-3-4-6-10(8)11(14)13-9(2)7-12/h3-6,9H,7H2,1-2H3,(H,13,14). The van der Waals surface area contributed by atoms with Gasteiger partial charge in [-0.2, -0.15) is 0 Å². The molecule has 0 spiro atoms.